The van der Waals surface area contributed by atoms with Gasteiger partial charge in [-0.15, -0.1) is 0 Å². The summed E-state index contributed by atoms with van der Waals surface area (Å²) in [5, 5.41) is 12.4. The molecule has 1 unspecified atom stereocenters. The van der Waals surface area contributed by atoms with Crippen molar-refractivity contribution in [3.8, 4) is 0 Å². The number of hydrogen-bond acceptors (Lipinski definition) is 4. The molecule has 0 amide bonds. The molecule has 2 aromatic heterocycles. The average molecular weight is 221 g/mol. The Bertz CT molecular complexity index is 419. The Morgan fingerprint density at radius 1 is 1.38 bits per heavy atom. The number of aliphatic hydroxyl groups excluding tert-OH is 1. The van der Waals surface area contributed by atoms with E-state index in [1.54, 1.807) is 12.3 Å². The predicted molar refractivity (Wildman–Crippen MR) is 58.8 cm³/mol. The van der Waals surface area contributed by atoms with Crippen LogP contribution in [0.2, 0.25) is 0 Å². The summed E-state index contributed by atoms with van der Waals surface area (Å²) in [7, 11) is 0. The second-order valence-corrected chi connectivity index (χ2v) is 3.64. The summed E-state index contributed by atoms with van der Waals surface area (Å²) in [6.07, 6.45) is 1.59. The van der Waals surface area contributed by atoms with Crippen LogP contribution in [-0.2, 0) is 6.54 Å². The van der Waals surface area contributed by atoms with Crippen LogP contribution < -0.4 is 5.32 Å². The molecular formula is C12H15NO3. The lowest BCUT2D eigenvalue weighted by molar-refractivity contribution is 0.222. The van der Waals surface area contributed by atoms with Gasteiger partial charge in [-0.05, 0) is 31.2 Å². The summed E-state index contributed by atoms with van der Waals surface area (Å²) in [4.78, 5) is 0. The van der Waals surface area contributed by atoms with Gasteiger partial charge in [-0.2, -0.15) is 0 Å². The van der Waals surface area contributed by atoms with Crippen LogP contribution in [0.25, 0.3) is 0 Å². The van der Waals surface area contributed by atoms with Gasteiger partial charge >= 0.3 is 0 Å². The topological polar surface area (TPSA) is 58.5 Å². The number of hydrogen-bond donors (Lipinski definition) is 2. The average Bonchev–Trinajstić information content (AvgIpc) is 2.91. The van der Waals surface area contributed by atoms with Crippen molar-refractivity contribution in [1.29, 1.82) is 0 Å². The summed E-state index contributed by atoms with van der Waals surface area (Å²) in [5.74, 6) is 2.46. The first kappa shape index (κ1) is 11.0. The molecule has 0 saturated carbocycles. The van der Waals surface area contributed by atoms with Gasteiger partial charge in [0.2, 0.25) is 0 Å². The molecule has 0 aliphatic rings. The van der Waals surface area contributed by atoms with Crippen molar-refractivity contribution in [2.24, 2.45) is 0 Å². The van der Waals surface area contributed by atoms with Gasteiger partial charge in [0.05, 0.1) is 25.5 Å². The van der Waals surface area contributed by atoms with Crippen molar-refractivity contribution in [2.45, 2.75) is 19.5 Å². The molecular weight excluding hydrogens is 206 g/mol. The van der Waals surface area contributed by atoms with Crippen LogP contribution in [0.1, 0.15) is 23.3 Å². The Hall–Kier alpha value is -1.52. The minimum atomic E-state index is -0.194. The minimum Gasteiger partial charge on any atom is -0.468 e. The standard InChI is InChI=1S/C12H15NO3/c1-9-4-5-10(16-9)7-13-11(8-14)12-3-2-6-15-12/h2-6,11,13-14H,7-8H2,1H3. The van der Waals surface area contributed by atoms with E-state index in [1.807, 2.05) is 25.1 Å². The molecule has 4 nitrogen and oxygen atoms in total. The Labute approximate surface area is 93.9 Å². The van der Waals surface area contributed by atoms with Crippen molar-refractivity contribution >= 4 is 0 Å². The van der Waals surface area contributed by atoms with Crippen LogP contribution in [-0.4, -0.2) is 11.7 Å². The zero-order valence-corrected chi connectivity index (χ0v) is 9.14. The van der Waals surface area contributed by atoms with Crippen molar-refractivity contribution in [2.75, 3.05) is 6.61 Å². The van der Waals surface area contributed by atoms with Crippen molar-refractivity contribution in [1.82, 2.24) is 5.32 Å². The molecule has 0 aliphatic heterocycles. The van der Waals surface area contributed by atoms with Crippen LogP contribution in [0, 0.1) is 6.92 Å². The van der Waals surface area contributed by atoms with Crippen LogP contribution in [0.5, 0.6) is 0 Å². The summed E-state index contributed by atoms with van der Waals surface area (Å²) < 4.78 is 10.6. The third-order valence-corrected chi connectivity index (χ3v) is 2.39. The third kappa shape index (κ3) is 2.53. The van der Waals surface area contributed by atoms with Gasteiger partial charge in [-0.1, -0.05) is 0 Å². The molecule has 86 valence electrons. The molecule has 16 heavy (non-hydrogen) atoms. The largest absolute Gasteiger partial charge is 0.468 e. The fourth-order valence-corrected chi connectivity index (χ4v) is 1.55. The van der Waals surface area contributed by atoms with Crippen LogP contribution >= 0.6 is 0 Å². The van der Waals surface area contributed by atoms with Gasteiger partial charge in [0.15, 0.2) is 0 Å². The lowest BCUT2D eigenvalue weighted by atomic mass is 10.2. The summed E-state index contributed by atoms with van der Waals surface area (Å²) >= 11 is 0. The van der Waals surface area contributed by atoms with E-state index in [0.29, 0.717) is 6.54 Å². The van der Waals surface area contributed by atoms with Crippen molar-refractivity contribution < 1.29 is 13.9 Å². The highest BCUT2D eigenvalue weighted by molar-refractivity contribution is 5.07. The number of aliphatic hydroxyl groups is 1. The summed E-state index contributed by atoms with van der Waals surface area (Å²) in [6.45, 7) is 2.46. The Morgan fingerprint density at radius 2 is 2.25 bits per heavy atom. The normalized spacial score (nSPS) is 12.9. The first-order chi connectivity index (χ1) is 7.79. The molecule has 0 radical (unpaired) electrons. The van der Waals surface area contributed by atoms with E-state index in [1.165, 1.54) is 0 Å². The Morgan fingerprint density at radius 3 is 2.81 bits per heavy atom. The highest BCUT2D eigenvalue weighted by atomic mass is 16.3. The number of nitrogens with one attached hydrogen (secondary N) is 1. The van der Waals surface area contributed by atoms with E-state index < -0.39 is 0 Å². The van der Waals surface area contributed by atoms with Gasteiger partial charge in [0.25, 0.3) is 0 Å². The van der Waals surface area contributed by atoms with Gasteiger partial charge in [-0.25, -0.2) is 0 Å². The van der Waals surface area contributed by atoms with E-state index in [9.17, 15) is 5.11 Å². The third-order valence-electron chi connectivity index (χ3n) is 2.39. The summed E-state index contributed by atoms with van der Waals surface area (Å²) in [5.41, 5.74) is 0. The van der Waals surface area contributed by atoms with Crippen molar-refractivity contribution in [3.63, 3.8) is 0 Å². The van der Waals surface area contributed by atoms with Gasteiger partial charge in [0, 0.05) is 0 Å². The van der Waals surface area contributed by atoms with E-state index in [-0.39, 0.29) is 12.6 Å². The molecule has 1 atom stereocenters. The molecule has 2 rings (SSSR count). The molecule has 0 spiro atoms. The SMILES string of the molecule is Cc1ccc(CNC(CO)c2ccco2)o1. The zero-order valence-electron chi connectivity index (χ0n) is 9.14. The maximum absolute atomic E-state index is 9.23. The lowest BCUT2D eigenvalue weighted by Gasteiger charge is -2.12. The Balaban J connectivity index is 1.93. The summed E-state index contributed by atoms with van der Waals surface area (Å²) in [6, 6.07) is 7.27. The lowest BCUT2D eigenvalue weighted by Crippen LogP contribution is -2.23. The van der Waals surface area contributed by atoms with Crippen LogP contribution in [0.15, 0.2) is 39.4 Å². The number of furan rings is 2. The van der Waals surface area contributed by atoms with E-state index in [0.717, 1.165) is 17.3 Å². The molecule has 0 bridgehead atoms. The highest BCUT2D eigenvalue weighted by Gasteiger charge is 2.12. The first-order valence-electron chi connectivity index (χ1n) is 5.22. The number of rotatable bonds is 5. The van der Waals surface area contributed by atoms with Gasteiger partial charge in [0.1, 0.15) is 17.3 Å². The predicted octanol–water partition coefficient (Wildman–Crippen LogP) is 2.00. The molecule has 2 aromatic rings. The monoisotopic (exact) mass is 221 g/mol. The van der Waals surface area contributed by atoms with Gasteiger partial charge in [-0.3, -0.25) is 5.32 Å². The zero-order chi connectivity index (χ0) is 11.4. The molecule has 2 heterocycles. The molecule has 0 aliphatic carbocycles. The van der Waals surface area contributed by atoms with E-state index in [4.69, 9.17) is 8.83 Å². The molecule has 0 saturated heterocycles. The number of aryl methyl sites for hydroxylation is 1. The molecule has 0 aromatic carbocycles. The molecule has 4 heteroatoms. The minimum absolute atomic E-state index is 0.00674. The van der Waals surface area contributed by atoms with Crippen LogP contribution in [0.4, 0.5) is 0 Å². The Kier molecular flexibility index (Phi) is 3.44. The second kappa shape index (κ2) is 5.01. The van der Waals surface area contributed by atoms with Crippen molar-refractivity contribution in [3.05, 3.63) is 47.8 Å². The fraction of sp³-hybridized carbons (Fsp3) is 0.333. The van der Waals surface area contributed by atoms with Crippen LogP contribution in [0.3, 0.4) is 0 Å². The quantitative estimate of drug-likeness (QED) is 0.810. The fourth-order valence-electron chi connectivity index (χ4n) is 1.55. The molecule has 0 fully saturated rings. The first-order valence-corrected chi connectivity index (χ1v) is 5.22. The smallest absolute Gasteiger partial charge is 0.123 e. The van der Waals surface area contributed by atoms with E-state index in [2.05, 4.69) is 5.32 Å². The maximum atomic E-state index is 9.23. The molecule has 2 N–H and O–H groups in total. The van der Waals surface area contributed by atoms with Gasteiger partial charge < -0.3 is 13.9 Å². The highest BCUT2D eigenvalue weighted by Crippen LogP contribution is 2.14. The maximum Gasteiger partial charge on any atom is 0.123 e. The second-order valence-electron chi connectivity index (χ2n) is 3.64. The van der Waals surface area contributed by atoms with E-state index >= 15 is 0 Å².